The van der Waals surface area contributed by atoms with E-state index in [1.165, 1.54) is 25.7 Å². The first-order chi connectivity index (χ1) is 10.3. The van der Waals surface area contributed by atoms with E-state index in [0.717, 1.165) is 41.2 Å². The van der Waals surface area contributed by atoms with E-state index in [1.807, 2.05) is 12.1 Å². The third kappa shape index (κ3) is 2.40. The average molecular weight is 288 g/mol. The van der Waals surface area contributed by atoms with Gasteiger partial charge >= 0.3 is 0 Å². The molecule has 2 bridgehead atoms. The Morgan fingerprint density at radius 2 is 2.10 bits per heavy atom. The van der Waals surface area contributed by atoms with Crippen LogP contribution >= 0.6 is 0 Å². The van der Waals surface area contributed by atoms with Crippen LogP contribution in [-0.2, 0) is 0 Å². The predicted octanol–water partition coefficient (Wildman–Crippen LogP) is 2.79. The molecule has 1 aliphatic heterocycles. The molecule has 21 heavy (non-hydrogen) atoms. The van der Waals surface area contributed by atoms with E-state index in [-0.39, 0.29) is 6.04 Å². The molecule has 4 heteroatoms. The third-order valence-electron chi connectivity index (χ3n) is 5.60. The van der Waals surface area contributed by atoms with Gasteiger partial charge in [-0.1, -0.05) is 18.6 Å². The van der Waals surface area contributed by atoms with Crippen molar-refractivity contribution in [2.24, 2.45) is 23.6 Å². The molecule has 1 aromatic rings. The maximum Gasteiger partial charge on any atom is 0.166 e. The van der Waals surface area contributed by atoms with Crippen LogP contribution in [0.15, 0.2) is 18.2 Å². The van der Waals surface area contributed by atoms with Crippen molar-refractivity contribution in [1.82, 2.24) is 5.43 Å². The molecule has 1 heterocycles. The minimum atomic E-state index is 0.158. The molecule has 0 amide bonds. The molecule has 4 unspecified atom stereocenters. The Balaban J connectivity index is 1.56. The Hall–Kier alpha value is -1.26. The standard InChI is InChI=1S/C17H24N2O2/c18-19-15(10-13-9-11-4-5-12(13)8-11)14-2-1-3-16-17(14)21-7-6-20-16/h1-3,11-13,15,19H,4-10,18H2. The van der Waals surface area contributed by atoms with Gasteiger partial charge in [0.05, 0.1) is 6.04 Å². The lowest BCUT2D eigenvalue weighted by molar-refractivity contribution is 0.167. The summed E-state index contributed by atoms with van der Waals surface area (Å²) in [6.07, 6.45) is 6.79. The minimum absolute atomic E-state index is 0.158. The molecule has 4 atom stereocenters. The zero-order chi connectivity index (χ0) is 14.2. The van der Waals surface area contributed by atoms with Crippen molar-refractivity contribution in [3.05, 3.63) is 23.8 Å². The fourth-order valence-corrected chi connectivity index (χ4v) is 4.62. The number of para-hydroxylation sites is 1. The van der Waals surface area contributed by atoms with Crippen molar-refractivity contribution in [3.8, 4) is 11.5 Å². The van der Waals surface area contributed by atoms with Crippen LogP contribution in [0.25, 0.3) is 0 Å². The van der Waals surface area contributed by atoms with Gasteiger partial charge < -0.3 is 9.47 Å². The van der Waals surface area contributed by atoms with E-state index in [0.29, 0.717) is 13.2 Å². The summed E-state index contributed by atoms with van der Waals surface area (Å²) in [7, 11) is 0. The molecule has 2 saturated carbocycles. The molecule has 114 valence electrons. The molecule has 2 fully saturated rings. The van der Waals surface area contributed by atoms with E-state index in [1.54, 1.807) is 0 Å². The molecule has 1 aromatic carbocycles. The molecule has 0 aromatic heterocycles. The third-order valence-corrected chi connectivity index (χ3v) is 5.60. The molecule has 0 saturated heterocycles. The number of ether oxygens (including phenoxy) is 2. The lowest BCUT2D eigenvalue weighted by Gasteiger charge is -2.29. The average Bonchev–Trinajstić information content (AvgIpc) is 3.15. The first-order valence-electron chi connectivity index (χ1n) is 8.19. The first-order valence-corrected chi connectivity index (χ1v) is 8.19. The van der Waals surface area contributed by atoms with Crippen LogP contribution in [0, 0.1) is 17.8 Å². The summed E-state index contributed by atoms with van der Waals surface area (Å²) in [6, 6.07) is 6.29. The van der Waals surface area contributed by atoms with Gasteiger partial charge in [0, 0.05) is 5.56 Å². The zero-order valence-electron chi connectivity index (χ0n) is 12.4. The molecule has 0 radical (unpaired) electrons. The number of hydrogen-bond acceptors (Lipinski definition) is 4. The van der Waals surface area contributed by atoms with Crippen molar-refractivity contribution in [1.29, 1.82) is 0 Å². The van der Waals surface area contributed by atoms with Crippen molar-refractivity contribution >= 4 is 0 Å². The summed E-state index contributed by atoms with van der Waals surface area (Å²) in [5.41, 5.74) is 4.17. The highest BCUT2D eigenvalue weighted by Gasteiger charge is 2.40. The van der Waals surface area contributed by atoms with Crippen LogP contribution in [0.4, 0.5) is 0 Å². The SMILES string of the molecule is NNC(CC1CC2CCC1C2)c1cccc2c1OCCO2. The highest BCUT2D eigenvalue weighted by molar-refractivity contribution is 5.48. The molecule has 4 nitrogen and oxygen atoms in total. The van der Waals surface area contributed by atoms with Crippen LogP contribution in [0.3, 0.4) is 0 Å². The number of nitrogens with one attached hydrogen (secondary N) is 1. The van der Waals surface area contributed by atoms with Gasteiger partial charge in [-0.3, -0.25) is 11.3 Å². The molecule has 2 aliphatic carbocycles. The summed E-state index contributed by atoms with van der Waals surface area (Å²) in [5, 5.41) is 0. The maximum atomic E-state index is 5.87. The number of fused-ring (bicyclic) bond motifs is 3. The fraction of sp³-hybridized carbons (Fsp3) is 0.647. The number of benzene rings is 1. The fourth-order valence-electron chi connectivity index (χ4n) is 4.62. The van der Waals surface area contributed by atoms with Crippen LogP contribution in [-0.4, -0.2) is 13.2 Å². The van der Waals surface area contributed by atoms with Gasteiger partial charge in [0.1, 0.15) is 13.2 Å². The van der Waals surface area contributed by atoms with E-state index in [2.05, 4.69) is 11.5 Å². The second-order valence-electron chi connectivity index (χ2n) is 6.76. The Morgan fingerprint density at radius 3 is 2.86 bits per heavy atom. The van der Waals surface area contributed by atoms with Crippen molar-refractivity contribution in [2.45, 2.75) is 38.1 Å². The second-order valence-corrected chi connectivity index (χ2v) is 6.76. The normalized spacial score (nSPS) is 31.4. The first kappa shape index (κ1) is 13.4. The van der Waals surface area contributed by atoms with Crippen LogP contribution < -0.4 is 20.7 Å². The van der Waals surface area contributed by atoms with Crippen LogP contribution in [0.2, 0.25) is 0 Å². The highest BCUT2D eigenvalue weighted by Crippen LogP contribution is 2.51. The number of rotatable bonds is 4. The van der Waals surface area contributed by atoms with Crippen LogP contribution in [0.5, 0.6) is 11.5 Å². The number of hydrogen-bond donors (Lipinski definition) is 2. The summed E-state index contributed by atoms with van der Waals surface area (Å²) < 4.78 is 11.5. The Kier molecular flexibility index (Phi) is 3.51. The smallest absolute Gasteiger partial charge is 0.166 e. The van der Waals surface area contributed by atoms with Gasteiger partial charge in [-0.2, -0.15) is 0 Å². The molecule has 3 N–H and O–H groups in total. The molecule has 0 spiro atoms. The van der Waals surface area contributed by atoms with E-state index < -0.39 is 0 Å². The predicted molar refractivity (Wildman–Crippen MR) is 81.1 cm³/mol. The summed E-state index contributed by atoms with van der Waals surface area (Å²) in [5.74, 6) is 10.3. The van der Waals surface area contributed by atoms with Crippen molar-refractivity contribution < 1.29 is 9.47 Å². The van der Waals surface area contributed by atoms with E-state index in [9.17, 15) is 0 Å². The van der Waals surface area contributed by atoms with Crippen molar-refractivity contribution in [3.63, 3.8) is 0 Å². The van der Waals surface area contributed by atoms with Gasteiger partial charge in [-0.15, -0.1) is 0 Å². The second kappa shape index (κ2) is 5.50. The van der Waals surface area contributed by atoms with Gasteiger partial charge in [0.15, 0.2) is 11.5 Å². The Labute approximate surface area is 126 Å². The minimum Gasteiger partial charge on any atom is -0.486 e. The van der Waals surface area contributed by atoms with Gasteiger partial charge in [0.2, 0.25) is 0 Å². The molecule has 4 rings (SSSR count). The monoisotopic (exact) mass is 288 g/mol. The Bertz CT molecular complexity index is 520. The largest absolute Gasteiger partial charge is 0.486 e. The summed E-state index contributed by atoms with van der Waals surface area (Å²) in [4.78, 5) is 0. The number of nitrogens with two attached hydrogens (primary N) is 1. The van der Waals surface area contributed by atoms with Crippen LogP contribution in [0.1, 0.15) is 43.7 Å². The van der Waals surface area contributed by atoms with Gasteiger partial charge in [-0.25, -0.2) is 0 Å². The lowest BCUT2D eigenvalue weighted by Crippen LogP contribution is -2.31. The topological polar surface area (TPSA) is 56.5 Å². The maximum absolute atomic E-state index is 5.87. The number of hydrazine groups is 1. The van der Waals surface area contributed by atoms with Gasteiger partial charge in [0.25, 0.3) is 0 Å². The highest BCUT2D eigenvalue weighted by atomic mass is 16.6. The van der Waals surface area contributed by atoms with E-state index in [4.69, 9.17) is 15.3 Å². The quantitative estimate of drug-likeness (QED) is 0.661. The summed E-state index contributed by atoms with van der Waals surface area (Å²) in [6.45, 7) is 1.25. The zero-order valence-corrected chi connectivity index (χ0v) is 12.4. The molecular formula is C17H24N2O2. The molecular weight excluding hydrogens is 264 g/mol. The Morgan fingerprint density at radius 1 is 1.19 bits per heavy atom. The van der Waals surface area contributed by atoms with Crippen molar-refractivity contribution in [2.75, 3.05) is 13.2 Å². The molecule has 3 aliphatic rings. The lowest BCUT2D eigenvalue weighted by atomic mass is 9.82. The van der Waals surface area contributed by atoms with Gasteiger partial charge in [-0.05, 0) is 49.5 Å². The van der Waals surface area contributed by atoms with E-state index >= 15 is 0 Å². The summed E-state index contributed by atoms with van der Waals surface area (Å²) >= 11 is 0.